The average molecular weight is 541 g/mol. The highest BCUT2D eigenvalue weighted by atomic mass is 35.5. The predicted molar refractivity (Wildman–Crippen MR) is 146 cm³/mol. The number of amides is 1. The summed E-state index contributed by atoms with van der Waals surface area (Å²) in [5.41, 5.74) is 8.28. The van der Waals surface area contributed by atoms with Crippen LogP contribution in [-0.4, -0.2) is 39.7 Å². The van der Waals surface area contributed by atoms with E-state index in [4.69, 9.17) is 27.1 Å². The van der Waals surface area contributed by atoms with Crippen molar-refractivity contribution in [1.29, 1.82) is 0 Å². The lowest BCUT2D eigenvalue weighted by atomic mass is 10.1. The summed E-state index contributed by atoms with van der Waals surface area (Å²) < 4.78 is 20.2. The summed E-state index contributed by atoms with van der Waals surface area (Å²) in [6.45, 7) is 6.37. The third kappa shape index (κ3) is 6.72. The summed E-state index contributed by atoms with van der Waals surface area (Å²) >= 11 is 7.39. The molecule has 0 atom stereocenters. The van der Waals surface area contributed by atoms with E-state index in [-0.39, 0.29) is 16.5 Å². The molecule has 0 spiro atoms. The molecule has 4 aromatic rings. The Hall–Kier alpha value is -3.76. The second-order valence-electron chi connectivity index (χ2n) is 9.05. The van der Waals surface area contributed by atoms with Gasteiger partial charge < -0.3 is 21.1 Å². The van der Waals surface area contributed by atoms with E-state index in [1.807, 2.05) is 45.0 Å². The third-order valence-corrected chi connectivity index (χ3v) is 6.33. The van der Waals surface area contributed by atoms with Gasteiger partial charge in [-0.3, -0.25) is 0 Å². The van der Waals surface area contributed by atoms with Crippen LogP contribution in [0.25, 0.3) is 32.4 Å². The van der Waals surface area contributed by atoms with Gasteiger partial charge in [-0.25, -0.2) is 24.1 Å². The van der Waals surface area contributed by atoms with E-state index in [0.29, 0.717) is 34.4 Å². The highest BCUT2D eigenvalue weighted by Crippen LogP contribution is 2.41. The van der Waals surface area contributed by atoms with Crippen LogP contribution in [-0.2, 0) is 4.74 Å². The zero-order chi connectivity index (χ0) is 26.6. The summed E-state index contributed by atoms with van der Waals surface area (Å²) in [4.78, 5) is 25.4. The summed E-state index contributed by atoms with van der Waals surface area (Å²) in [5.74, 6) is -0.541. The van der Waals surface area contributed by atoms with Gasteiger partial charge >= 0.3 is 6.09 Å². The van der Waals surface area contributed by atoms with Crippen molar-refractivity contribution in [3.05, 3.63) is 65.8 Å². The summed E-state index contributed by atoms with van der Waals surface area (Å²) in [6, 6.07) is 14.2. The van der Waals surface area contributed by atoms with Crippen molar-refractivity contribution in [3.8, 4) is 32.4 Å². The van der Waals surface area contributed by atoms with Gasteiger partial charge in [0.15, 0.2) is 5.82 Å². The summed E-state index contributed by atoms with van der Waals surface area (Å²) in [7, 11) is 0. The Kier molecular flexibility index (Phi) is 7.89. The Labute approximate surface area is 223 Å². The molecule has 2 aromatic heterocycles. The second kappa shape index (κ2) is 11.1. The molecule has 0 aliphatic carbocycles. The molecule has 0 fully saturated rings. The molecule has 0 saturated heterocycles. The van der Waals surface area contributed by atoms with Gasteiger partial charge in [-0.1, -0.05) is 6.07 Å². The number of nitrogens with one attached hydrogen (secondary N) is 2. The van der Waals surface area contributed by atoms with Crippen LogP contribution in [0.4, 0.5) is 20.6 Å². The van der Waals surface area contributed by atoms with Crippen LogP contribution in [0.1, 0.15) is 20.8 Å². The van der Waals surface area contributed by atoms with E-state index < -0.39 is 17.5 Å². The molecule has 2 heterocycles. The molecule has 4 rings (SSSR count). The number of thiazole rings is 1. The number of benzene rings is 2. The fraction of sp³-hybridized carbons (Fsp3) is 0.231. The molecule has 192 valence electrons. The van der Waals surface area contributed by atoms with Crippen molar-refractivity contribution in [2.24, 2.45) is 0 Å². The molecule has 0 aliphatic rings. The van der Waals surface area contributed by atoms with Gasteiger partial charge in [0.25, 0.3) is 0 Å². The first-order valence-corrected chi connectivity index (χ1v) is 12.7. The molecule has 37 heavy (non-hydrogen) atoms. The van der Waals surface area contributed by atoms with Gasteiger partial charge in [-0.15, -0.1) is 11.3 Å². The van der Waals surface area contributed by atoms with E-state index in [1.54, 1.807) is 24.4 Å². The topological polar surface area (TPSA) is 115 Å². The predicted octanol–water partition coefficient (Wildman–Crippen LogP) is 6.25. The van der Waals surface area contributed by atoms with Crippen molar-refractivity contribution >= 4 is 40.4 Å². The Balaban J connectivity index is 1.53. The first-order chi connectivity index (χ1) is 17.6. The maximum absolute atomic E-state index is 14.9. The molecular formula is C26H26ClFN6O2S. The molecule has 0 radical (unpaired) electrons. The summed E-state index contributed by atoms with van der Waals surface area (Å²) in [6.07, 6.45) is 1.09. The number of carbonyl (C=O) groups is 1. The number of nitrogens with two attached hydrogens (primary N) is 1. The molecule has 1 amide bonds. The minimum atomic E-state index is -0.541. The van der Waals surface area contributed by atoms with Crippen molar-refractivity contribution < 1.29 is 13.9 Å². The highest BCUT2D eigenvalue weighted by molar-refractivity contribution is 7.18. The second-order valence-corrected chi connectivity index (χ2v) is 10.4. The van der Waals surface area contributed by atoms with Crippen molar-refractivity contribution in [2.45, 2.75) is 26.4 Å². The monoisotopic (exact) mass is 540 g/mol. The van der Waals surface area contributed by atoms with Crippen LogP contribution in [0.5, 0.6) is 0 Å². The van der Waals surface area contributed by atoms with E-state index in [2.05, 4.69) is 20.6 Å². The van der Waals surface area contributed by atoms with Crippen molar-refractivity contribution in [2.75, 3.05) is 24.1 Å². The fourth-order valence-corrected chi connectivity index (χ4v) is 4.61. The minimum absolute atomic E-state index is 0.0373. The van der Waals surface area contributed by atoms with E-state index >= 15 is 0 Å². The normalized spacial score (nSPS) is 11.3. The molecule has 4 N–H and O–H groups in total. The van der Waals surface area contributed by atoms with Crippen LogP contribution >= 0.6 is 22.9 Å². The van der Waals surface area contributed by atoms with Gasteiger partial charge in [0, 0.05) is 36.1 Å². The largest absolute Gasteiger partial charge is 0.444 e. The number of alkyl carbamates (subject to hydrolysis) is 1. The van der Waals surface area contributed by atoms with Gasteiger partial charge in [-0.05, 0) is 74.8 Å². The number of hydrogen-bond acceptors (Lipinski definition) is 8. The van der Waals surface area contributed by atoms with Crippen LogP contribution in [0, 0.1) is 5.82 Å². The molecule has 2 aromatic carbocycles. The Morgan fingerprint density at radius 1 is 1.11 bits per heavy atom. The molecule has 0 saturated carbocycles. The highest BCUT2D eigenvalue weighted by Gasteiger charge is 2.21. The van der Waals surface area contributed by atoms with Gasteiger partial charge in [0.1, 0.15) is 10.6 Å². The Morgan fingerprint density at radius 3 is 2.57 bits per heavy atom. The number of nitrogen functional groups attached to an aromatic ring is 1. The quantitative estimate of drug-likeness (QED) is 0.144. The van der Waals surface area contributed by atoms with Crippen LogP contribution in [0.3, 0.4) is 0 Å². The van der Waals surface area contributed by atoms with Crippen molar-refractivity contribution in [3.63, 3.8) is 0 Å². The molecular weight excluding hydrogens is 515 g/mol. The lowest BCUT2D eigenvalue weighted by Gasteiger charge is -2.19. The third-order valence-electron chi connectivity index (χ3n) is 5.02. The van der Waals surface area contributed by atoms with E-state index in [0.717, 1.165) is 11.3 Å². The van der Waals surface area contributed by atoms with Gasteiger partial charge in [-0.2, -0.15) is 0 Å². The number of aromatic nitrogens is 3. The zero-order valence-corrected chi connectivity index (χ0v) is 22.1. The Morgan fingerprint density at radius 2 is 1.86 bits per heavy atom. The number of anilines is 2. The SMILES string of the molecule is CC(C)(C)OC(=O)NCCNc1ccc(-c2nc(-c3cccc(N)c3F)c(-c3ccnc(Cl)n3)s2)cc1. The lowest BCUT2D eigenvalue weighted by molar-refractivity contribution is 0.0530. The number of halogens is 2. The number of carbonyl (C=O) groups excluding carboxylic acids is 1. The van der Waals surface area contributed by atoms with Crippen molar-refractivity contribution in [1.82, 2.24) is 20.3 Å². The number of rotatable bonds is 7. The molecule has 0 unspecified atom stereocenters. The minimum Gasteiger partial charge on any atom is -0.444 e. The first kappa shape index (κ1) is 26.3. The zero-order valence-electron chi connectivity index (χ0n) is 20.5. The fourth-order valence-electron chi connectivity index (χ4n) is 3.41. The maximum atomic E-state index is 14.9. The summed E-state index contributed by atoms with van der Waals surface area (Å²) in [5, 5.41) is 6.72. The van der Waals surface area contributed by atoms with Crippen LogP contribution < -0.4 is 16.4 Å². The lowest BCUT2D eigenvalue weighted by Crippen LogP contribution is -2.34. The average Bonchev–Trinajstić information content (AvgIpc) is 3.28. The van der Waals surface area contributed by atoms with Gasteiger partial charge in [0.05, 0.1) is 22.0 Å². The Bertz CT molecular complexity index is 1410. The first-order valence-electron chi connectivity index (χ1n) is 11.5. The standard InChI is InChI=1S/C26H26ClFN6O2S/c1-26(2,3)36-25(35)32-14-13-30-16-9-7-15(8-10-16)23-34-21(17-5-4-6-18(29)20(17)28)22(37-23)19-11-12-31-24(27)33-19/h4-12,30H,13-14,29H2,1-3H3,(H,32,35). The smallest absolute Gasteiger partial charge is 0.407 e. The molecule has 11 heteroatoms. The number of nitrogens with zero attached hydrogens (tertiary/aromatic N) is 3. The van der Waals surface area contributed by atoms with Gasteiger partial charge in [0.2, 0.25) is 5.28 Å². The molecule has 0 aliphatic heterocycles. The number of ether oxygens (including phenoxy) is 1. The van der Waals surface area contributed by atoms with Crippen LogP contribution in [0.2, 0.25) is 5.28 Å². The molecule has 0 bridgehead atoms. The van der Waals surface area contributed by atoms with E-state index in [9.17, 15) is 9.18 Å². The van der Waals surface area contributed by atoms with E-state index in [1.165, 1.54) is 17.4 Å². The van der Waals surface area contributed by atoms with Crippen LogP contribution in [0.15, 0.2) is 54.7 Å². The number of hydrogen-bond donors (Lipinski definition) is 3. The maximum Gasteiger partial charge on any atom is 0.407 e. The molecule has 8 nitrogen and oxygen atoms in total.